The van der Waals surface area contributed by atoms with Gasteiger partial charge in [-0.2, -0.15) is 9.97 Å². The number of aliphatic hydroxyl groups excluding tert-OH is 2. The molecule has 5 heterocycles. The zero-order valence-corrected chi connectivity index (χ0v) is 23.7. The maximum Gasteiger partial charge on any atom is 0.293 e. The van der Waals surface area contributed by atoms with Crippen molar-refractivity contribution in [1.29, 1.82) is 0 Å². The molecule has 6 rings (SSSR count). The first-order chi connectivity index (χ1) is 21.1. The van der Waals surface area contributed by atoms with Crippen molar-refractivity contribution in [1.82, 2.24) is 24.7 Å². The first-order valence-corrected chi connectivity index (χ1v) is 14.5. The van der Waals surface area contributed by atoms with Gasteiger partial charge in [-0.05, 0) is 31.2 Å². The van der Waals surface area contributed by atoms with E-state index in [1.54, 1.807) is 10.6 Å². The van der Waals surface area contributed by atoms with E-state index in [4.69, 9.17) is 28.7 Å². The molecule has 2 aliphatic rings. The molecule has 5 atom stereocenters. The molecule has 0 aliphatic carbocycles. The fourth-order valence-corrected chi connectivity index (χ4v) is 5.50. The molecule has 43 heavy (non-hydrogen) atoms. The van der Waals surface area contributed by atoms with Crippen molar-refractivity contribution < 1.29 is 33.7 Å². The number of carbonyl (C=O) groups is 1. The van der Waals surface area contributed by atoms with Crippen molar-refractivity contribution in [3.05, 3.63) is 59.7 Å². The smallest absolute Gasteiger partial charge is 0.293 e. The average Bonchev–Trinajstić information content (AvgIpc) is 3.76. The van der Waals surface area contributed by atoms with Crippen LogP contribution < -0.4 is 10.6 Å². The van der Waals surface area contributed by atoms with E-state index >= 15 is 0 Å². The van der Waals surface area contributed by atoms with Crippen LogP contribution in [0.2, 0.25) is 0 Å². The lowest BCUT2D eigenvalue weighted by Gasteiger charge is -2.24. The zero-order chi connectivity index (χ0) is 29.8. The number of aryl methyl sites for hydroxylation is 1. The molecule has 0 bridgehead atoms. The van der Waals surface area contributed by atoms with E-state index in [-0.39, 0.29) is 31.1 Å². The van der Waals surface area contributed by atoms with Crippen LogP contribution in [0.3, 0.4) is 0 Å². The summed E-state index contributed by atoms with van der Waals surface area (Å²) < 4.78 is 24.1. The van der Waals surface area contributed by atoms with Gasteiger partial charge < -0.3 is 39.6 Å². The number of rotatable bonds is 12. The minimum atomic E-state index is -1.27. The van der Waals surface area contributed by atoms with Gasteiger partial charge in [0.1, 0.15) is 6.10 Å². The molecule has 0 radical (unpaired) electrons. The highest BCUT2D eigenvalue weighted by Gasteiger charge is 2.49. The number of nitrogens with one attached hydrogen (secondary N) is 2. The Labute approximate surface area is 247 Å². The Hall–Kier alpha value is -4.11. The number of hydrogen-bond donors (Lipinski definition) is 4. The predicted octanol–water partition coefficient (Wildman–Crippen LogP) is 2.16. The lowest BCUT2D eigenvalue weighted by Crippen LogP contribution is -2.31. The van der Waals surface area contributed by atoms with Gasteiger partial charge in [0.15, 0.2) is 41.2 Å². The number of benzene rings is 1. The standard InChI is InChI=1S/C29H35N7O7/c1-2-18-13-21(43-35-18)24-25(41-16-38)23(39)28(42-24)36-15-30-22-26(31-19-8-10-40-11-9-19)33-29(34-27(22)36)32-20(14-37)12-17-6-4-3-5-7-17/h3-7,13,15-16,19-20,23-25,28,37,39H,2,8-12,14H2,1H3,(H2,31,32,33,34)/t20-,23+,24+,25-,28+/m0/s1. The number of fused-ring (bicyclic) bond motifs is 1. The summed E-state index contributed by atoms with van der Waals surface area (Å²) >= 11 is 0. The van der Waals surface area contributed by atoms with Gasteiger partial charge in [0.05, 0.1) is 24.7 Å². The molecule has 3 aromatic heterocycles. The van der Waals surface area contributed by atoms with Crippen molar-refractivity contribution in [2.45, 2.75) is 69.2 Å². The van der Waals surface area contributed by atoms with E-state index in [1.807, 2.05) is 37.3 Å². The van der Waals surface area contributed by atoms with Gasteiger partial charge in [-0.1, -0.05) is 42.4 Å². The molecule has 0 unspecified atom stereocenters. The quantitative estimate of drug-likeness (QED) is 0.176. The number of aliphatic hydroxyl groups is 2. The SMILES string of the molecule is CCc1cc([C@H]2O[C@@H](n3cnc4c(NC5CCOCC5)nc(N[C@H](CO)Cc5ccccc5)nc43)[C@H](O)[C@@H]2OC=O)on1. The van der Waals surface area contributed by atoms with Gasteiger partial charge in [0.25, 0.3) is 6.47 Å². The van der Waals surface area contributed by atoms with Gasteiger partial charge >= 0.3 is 0 Å². The van der Waals surface area contributed by atoms with Crippen LogP contribution in [0.4, 0.5) is 11.8 Å². The molecule has 228 valence electrons. The van der Waals surface area contributed by atoms with Crippen LogP contribution >= 0.6 is 0 Å². The first kappa shape index (κ1) is 29.0. The Morgan fingerprint density at radius 2 is 2.02 bits per heavy atom. The monoisotopic (exact) mass is 593 g/mol. The van der Waals surface area contributed by atoms with Crippen LogP contribution in [0.5, 0.6) is 0 Å². The van der Waals surface area contributed by atoms with Crippen molar-refractivity contribution in [3.63, 3.8) is 0 Å². The number of ether oxygens (including phenoxy) is 3. The van der Waals surface area contributed by atoms with Gasteiger partial charge in [-0.3, -0.25) is 9.36 Å². The molecule has 2 aliphatic heterocycles. The normalized spacial score (nSPS) is 23.3. The molecule has 2 saturated heterocycles. The molecule has 0 amide bonds. The van der Waals surface area contributed by atoms with Crippen molar-refractivity contribution in [3.8, 4) is 0 Å². The lowest BCUT2D eigenvalue weighted by molar-refractivity contribution is -0.140. The van der Waals surface area contributed by atoms with Crippen LogP contribution in [-0.2, 0) is 31.8 Å². The molecule has 1 aromatic carbocycles. The molecule has 0 spiro atoms. The Morgan fingerprint density at radius 3 is 2.74 bits per heavy atom. The molecule has 14 nitrogen and oxygen atoms in total. The lowest BCUT2D eigenvalue weighted by atomic mass is 10.1. The maximum absolute atomic E-state index is 11.4. The molecule has 4 aromatic rings. The summed E-state index contributed by atoms with van der Waals surface area (Å²) in [5.74, 6) is 1.11. The molecule has 0 saturated carbocycles. The fraction of sp³-hybridized carbons (Fsp3) is 0.483. The van der Waals surface area contributed by atoms with E-state index in [9.17, 15) is 15.0 Å². The van der Waals surface area contributed by atoms with Gasteiger partial charge in [-0.25, -0.2) is 4.98 Å². The number of hydrogen-bond acceptors (Lipinski definition) is 13. The Kier molecular flexibility index (Phi) is 8.79. The Balaban J connectivity index is 1.35. The third-order valence-corrected chi connectivity index (χ3v) is 7.78. The molecular weight excluding hydrogens is 558 g/mol. The number of imidazole rings is 1. The highest BCUT2D eigenvalue weighted by atomic mass is 16.6. The molecule has 2 fully saturated rings. The highest BCUT2D eigenvalue weighted by Crippen LogP contribution is 2.42. The van der Waals surface area contributed by atoms with Gasteiger partial charge in [0, 0.05) is 25.3 Å². The number of aromatic nitrogens is 5. The van der Waals surface area contributed by atoms with Crippen LogP contribution in [0.15, 0.2) is 47.2 Å². The summed E-state index contributed by atoms with van der Waals surface area (Å²) in [6.45, 7) is 3.34. The third kappa shape index (κ3) is 6.18. The second kappa shape index (κ2) is 13.0. The van der Waals surface area contributed by atoms with E-state index in [0.717, 1.165) is 18.4 Å². The summed E-state index contributed by atoms with van der Waals surface area (Å²) in [6, 6.07) is 11.3. The van der Waals surface area contributed by atoms with Crippen LogP contribution in [0.25, 0.3) is 11.2 Å². The molecular formula is C29H35N7O7. The summed E-state index contributed by atoms with van der Waals surface area (Å²) in [7, 11) is 0. The van der Waals surface area contributed by atoms with Gasteiger partial charge in [0.2, 0.25) is 5.95 Å². The van der Waals surface area contributed by atoms with E-state index in [1.165, 1.54) is 6.33 Å². The predicted molar refractivity (Wildman–Crippen MR) is 153 cm³/mol. The average molecular weight is 594 g/mol. The van der Waals surface area contributed by atoms with Crippen molar-refractivity contribution >= 4 is 29.4 Å². The van der Waals surface area contributed by atoms with Crippen LogP contribution in [0.1, 0.15) is 49.1 Å². The topological polar surface area (TPSA) is 179 Å². The Bertz CT molecular complexity index is 1510. The van der Waals surface area contributed by atoms with E-state index < -0.39 is 24.5 Å². The third-order valence-electron chi connectivity index (χ3n) is 7.78. The second-order valence-corrected chi connectivity index (χ2v) is 10.7. The fourth-order valence-electron chi connectivity index (χ4n) is 5.50. The second-order valence-electron chi connectivity index (χ2n) is 10.7. The first-order valence-electron chi connectivity index (χ1n) is 14.5. The Morgan fingerprint density at radius 1 is 1.21 bits per heavy atom. The number of anilines is 2. The number of nitrogens with zero attached hydrogens (tertiary/aromatic N) is 5. The minimum Gasteiger partial charge on any atom is -0.458 e. The van der Waals surface area contributed by atoms with E-state index in [0.29, 0.717) is 54.5 Å². The maximum atomic E-state index is 11.4. The number of carbonyl (C=O) groups excluding carboxylic acids is 1. The van der Waals surface area contributed by atoms with Crippen molar-refractivity contribution in [2.24, 2.45) is 0 Å². The summed E-state index contributed by atoms with van der Waals surface area (Å²) in [4.78, 5) is 25.4. The highest BCUT2D eigenvalue weighted by molar-refractivity contribution is 5.84. The zero-order valence-electron chi connectivity index (χ0n) is 23.7. The van der Waals surface area contributed by atoms with Crippen LogP contribution in [-0.4, -0.2) is 85.5 Å². The summed E-state index contributed by atoms with van der Waals surface area (Å²) in [5, 5.41) is 32.3. The largest absolute Gasteiger partial charge is 0.458 e. The summed E-state index contributed by atoms with van der Waals surface area (Å²) in [6.07, 6.45) is 0.0534. The van der Waals surface area contributed by atoms with Gasteiger partial charge in [-0.15, -0.1) is 0 Å². The minimum absolute atomic E-state index is 0.116. The van der Waals surface area contributed by atoms with Crippen molar-refractivity contribution in [2.75, 3.05) is 30.5 Å². The van der Waals surface area contributed by atoms with E-state index in [2.05, 4.69) is 20.8 Å². The molecule has 4 N–H and O–H groups in total. The summed E-state index contributed by atoms with van der Waals surface area (Å²) in [5.41, 5.74) is 2.61. The molecule has 14 heteroatoms. The van der Waals surface area contributed by atoms with Crippen LogP contribution in [0, 0.1) is 0 Å².